The third-order valence-corrected chi connectivity index (χ3v) is 6.42. The van der Waals surface area contributed by atoms with E-state index in [1.54, 1.807) is 41.4 Å². The first kappa shape index (κ1) is 31.1. The van der Waals surface area contributed by atoms with E-state index in [2.05, 4.69) is 50.8 Å². The first-order valence-electron chi connectivity index (χ1n) is 14.2. The predicted octanol–water partition coefficient (Wildman–Crippen LogP) is 3.66. The fourth-order valence-corrected chi connectivity index (χ4v) is 4.26. The van der Waals surface area contributed by atoms with Gasteiger partial charge in [0, 0.05) is 44.4 Å². The number of likely N-dealkylation sites (tertiary alicyclic amines) is 1. The molecule has 1 atom stereocenters. The average molecular weight is 557 g/mol. The van der Waals surface area contributed by atoms with E-state index in [1.165, 1.54) is 0 Å². The van der Waals surface area contributed by atoms with Crippen LogP contribution >= 0.6 is 0 Å². The first-order chi connectivity index (χ1) is 19.9. The maximum atomic E-state index is 12.9. The van der Waals surface area contributed by atoms with Crippen LogP contribution in [0.1, 0.15) is 56.6 Å². The summed E-state index contributed by atoms with van der Waals surface area (Å²) in [6, 6.07) is 8.76. The van der Waals surface area contributed by atoms with Crippen LogP contribution in [0.4, 0.5) is 17.5 Å². The fraction of sp³-hybridized carbons (Fsp3) is 0.452. The molecule has 0 saturated carbocycles. The highest BCUT2D eigenvalue weighted by atomic mass is 16.2. The van der Waals surface area contributed by atoms with Gasteiger partial charge in [-0.2, -0.15) is 10.2 Å². The molecule has 0 spiro atoms. The minimum atomic E-state index is -0.424. The summed E-state index contributed by atoms with van der Waals surface area (Å²) in [5.41, 5.74) is 2.07. The summed E-state index contributed by atoms with van der Waals surface area (Å²) in [7, 11) is 3.89. The van der Waals surface area contributed by atoms with Crippen LogP contribution in [0.2, 0.25) is 0 Å². The monoisotopic (exact) mass is 556 g/mol. The van der Waals surface area contributed by atoms with Gasteiger partial charge in [0.25, 0.3) is 0 Å². The Hall–Kier alpha value is -4.41. The average Bonchev–Trinajstić information content (AvgIpc) is 2.98. The maximum Gasteiger partial charge on any atom is 0.246 e. The Labute approximate surface area is 243 Å². The molecule has 0 unspecified atom stereocenters. The van der Waals surface area contributed by atoms with Crippen LogP contribution in [0, 0.1) is 23.2 Å². The van der Waals surface area contributed by atoms with E-state index in [0.717, 1.165) is 31.5 Å². The third kappa shape index (κ3) is 10.3. The quantitative estimate of drug-likeness (QED) is 0.205. The number of carbonyl (C=O) groups excluding carboxylic acids is 2. The molecule has 0 bridgehead atoms. The lowest BCUT2D eigenvalue weighted by atomic mass is 10.0. The van der Waals surface area contributed by atoms with Crippen molar-refractivity contribution >= 4 is 29.3 Å². The minimum Gasteiger partial charge on any atom is -0.369 e. The molecule has 1 aliphatic heterocycles. The number of aromatic nitrogens is 2. The Kier molecular flexibility index (Phi) is 12.6. The number of anilines is 3. The van der Waals surface area contributed by atoms with Gasteiger partial charge in [0.1, 0.15) is 11.9 Å². The van der Waals surface area contributed by atoms with Crippen LogP contribution < -0.4 is 16.0 Å². The van der Waals surface area contributed by atoms with E-state index in [0.29, 0.717) is 61.8 Å². The van der Waals surface area contributed by atoms with E-state index in [1.807, 2.05) is 25.1 Å². The SMILES string of the molecule is CCCNc1nc(Nc2ccc(C#N)cc2)ncc1C#CCCCNC(=O)[C@H]1CCCCN1C(=O)/C=C/CN(C)C. The largest absolute Gasteiger partial charge is 0.369 e. The van der Waals surface area contributed by atoms with Crippen molar-refractivity contribution in [2.45, 2.75) is 51.5 Å². The van der Waals surface area contributed by atoms with Gasteiger partial charge in [0.15, 0.2) is 0 Å². The lowest BCUT2D eigenvalue weighted by Gasteiger charge is -2.34. The molecule has 2 amide bonds. The lowest BCUT2D eigenvalue weighted by molar-refractivity contribution is -0.138. The lowest BCUT2D eigenvalue weighted by Crippen LogP contribution is -2.51. The van der Waals surface area contributed by atoms with E-state index < -0.39 is 6.04 Å². The number of nitrogens with one attached hydrogen (secondary N) is 3. The van der Waals surface area contributed by atoms with Gasteiger partial charge in [0.05, 0.1) is 23.4 Å². The van der Waals surface area contributed by atoms with Gasteiger partial charge < -0.3 is 25.8 Å². The van der Waals surface area contributed by atoms with E-state index >= 15 is 0 Å². The number of carbonyl (C=O) groups is 2. The van der Waals surface area contributed by atoms with Gasteiger partial charge in [-0.25, -0.2) is 4.98 Å². The van der Waals surface area contributed by atoms with Gasteiger partial charge >= 0.3 is 0 Å². The number of hydrogen-bond donors (Lipinski definition) is 3. The second-order valence-corrected chi connectivity index (χ2v) is 10.1. The molecular formula is C31H40N8O2. The number of benzene rings is 1. The van der Waals surface area contributed by atoms with Crippen molar-refractivity contribution in [3.63, 3.8) is 0 Å². The molecular weight excluding hydrogens is 516 g/mol. The molecule has 1 fully saturated rings. The number of amides is 2. The van der Waals surface area contributed by atoms with Crippen LogP contribution in [0.15, 0.2) is 42.6 Å². The number of piperidine rings is 1. The molecule has 1 aromatic heterocycles. The molecule has 2 heterocycles. The maximum absolute atomic E-state index is 12.9. The highest BCUT2D eigenvalue weighted by Crippen LogP contribution is 2.19. The fourth-order valence-electron chi connectivity index (χ4n) is 4.26. The number of hydrogen-bond acceptors (Lipinski definition) is 8. The molecule has 41 heavy (non-hydrogen) atoms. The van der Waals surface area contributed by atoms with Crippen LogP contribution in [-0.2, 0) is 9.59 Å². The molecule has 3 rings (SSSR count). The molecule has 1 aliphatic rings. The summed E-state index contributed by atoms with van der Waals surface area (Å²) in [6.45, 7) is 4.61. The molecule has 0 aliphatic carbocycles. The predicted molar refractivity (Wildman–Crippen MR) is 161 cm³/mol. The normalized spacial score (nSPS) is 14.7. The second kappa shape index (κ2) is 16.6. The smallest absolute Gasteiger partial charge is 0.246 e. The third-order valence-electron chi connectivity index (χ3n) is 6.42. The molecule has 2 aromatic rings. The number of rotatable bonds is 12. The second-order valence-electron chi connectivity index (χ2n) is 10.1. The zero-order valence-corrected chi connectivity index (χ0v) is 24.2. The summed E-state index contributed by atoms with van der Waals surface area (Å²) < 4.78 is 0. The zero-order chi connectivity index (χ0) is 29.5. The van der Waals surface area contributed by atoms with E-state index in [4.69, 9.17) is 5.26 Å². The highest BCUT2D eigenvalue weighted by Gasteiger charge is 2.30. The van der Waals surface area contributed by atoms with Crippen molar-refractivity contribution in [1.29, 1.82) is 5.26 Å². The molecule has 10 heteroatoms. The topological polar surface area (TPSA) is 126 Å². The zero-order valence-electron chi connectivity index (χ0n) is 24.2. The summed E-state index contributed by atoms with van der Waals surface area (Å²) in [5.74, 6) is 7.20. The summed E-state index contributed by atoms with van der Waals surface area (Å²) >= 11 is 0. The van der Waals surface area contributed by atoms with Crippen molar-refractivity contribution in [2.24, 2.45) is 0 Å². The molecule has 1 aromatic carbocycles. The van der Waals surface area contributed by atoms with Crippen LogP contribution in [0.25, 0.3) is 0 Å². The molecule has 3 N–H and O–H groups in total. The molecule has 10 nitrogen and oxygen atoms in total. The van der Waals surface area contributed by atoms with Crippen molar-refractivity contribution < 1.29 is 9.59 Å². The van der Waals surface area contributed by atoms with E-state index in [9.17, 15) is 9.59 Å². The number of nitrogens with zero attached hydrogens (tertiary/aromatic N) is 5. The number of likely N-dealkylation sites (N-methyl/N-ethyl adjacent to an activating group) is 1. The van der Waals surface area contributed by atoms with Gasteiger partial charge in [-0.15, -0.1) is 0 Å². The van der Waals surface area contributed by atoms with E-state index in [-0.39, 0.29) is 11.8 Å². The Morgan fingerprint density at radius 3 is 2.73 bits per heavy atom. The summed E-state index contributed by atoms with van der Waals surface area (Å²) in [4.78, 5) is 38.2. The highest BCUT2D eigenvalue weighted by molar-refractivity contribution is 5.93. The molecule has 1 saturated heterocycles. The van der Waals surface area contributed by atoms with Gasteiger partial charge in [0.2, 0.25) is 17.8 Å². The van der Waals surface area contributed by atoms with Crippen molar-refractivity contribution in [1.82, 2.24) is 25.1 Å². The van der Waals surface area contributed by atoms with Crippen LogP contribution in [-0.4, -0.2) is 77.9 Å². The number of unbranched alkanes of at least 4 members (excludes halogenated alkanes) is 1. The van der Waals surface area contributed by atoms with Crippen LogP contribution in [0.5, 0.6) is 0 Å². The molecule has 216 valence electrons. The Morgan fingerprint density at radius 1 is 1.20 bits per heavy atom. The van der Waals surface area contributed by atoms with Gasteiger partial charge in [-0.05, 0) is 70.5 Å². The minimum absolute atomic E-state index is 0.100. The number of nitriles is 1. The van der Waals surface area contributed by atoms with Crippen LogP contribution in [0.3, 0.4) is 0 Å². The van der Waals surface area contributed by atoms with Gasteiger partial charge in [-0.1, -0.05) is 24.8 Å². The van der Waals surface area contributed by atoms with Crippen molar-refractivity contribution in [3.05, 3.63) is 53.7 Å². The summed E-state index contributed by atoms with van der Waals surface area (Å²) in [5, 5.41) is 18.4. The Bertz CT molecular complexity index is 1290. The Morgan fingerprint density at radius 2 is 2.00 bits per heavy atom. The standard InChI is InChI=1S/C31H40N8O2/c1-4-18-33-29-25(23-35-31(37-29)36-26-16-14-24(22-32)15-17-26)11-6-5-8-19-34-30(41)27-12-7-9-21-39(27)28(40)13-10-20-38(2)3/h10,13-17,23,27H,4-5,7-9,12,18-21H2,1-3H3,(H,34,41)(H2,33,35,36,37)/b13-10+/t27-/m1/s1. The van der Waals surface area contributed by atoms with Gasteiger partial charge in [-0.3, -0.25) is 9.59 Å². The first-order valence-corrected chi connectivity index (χ1v) is 14.2. The van der Waals surface area contributed by atoms with Crippen molar-refractivity contribution in [3.8, 4) is 17.9 Å². The Balaban J connectivity index is 1.52. The molecule has 0 radical (unpaired) electrons. The van der Waals surface area contributed by atoms with Crippen molar-refractivity contribution in [2.75, 3.05) is 50.9 Å². The summed E-state index contributed by atoms with van der Waals surface area (Å²) in [6.07, 6.45) is 9.85.